The van der Waals surface area contributed by atoms with Gasteiger partial charge in [0.2, 0.25) is 11.8 Å². The molecule has 1 aromatic rings. The molecule has 1 saturated heterocycles. The summed E-state index contributed by atoms with van der Waals surface area (Å²) in [6.07, 6.45) is 1.68. The lowest BCUT2D eigenvalue weighted by molar-refractivity contribution is -0.384. The number of hydrogen-bond acceptors (Lipinski definition) is 4. The van der Waals surface area contributed by atoms with Crippen molar-refractivity contribution in [1.29, 1.82) is 0 Å². The van der Waals surface area contributed by atoms with E-state index in [4.69, 9.17) is 11.6 Å². The summed E-state index contributed by atoms with van der Waals surface area (Å²) in [7, 11) is 0. The van der Waals surface area contributed by atoms with E-state index >= 15 is 0 Å². The Bertz CT molecular complexity index is 662. The van der Waals surface area contributed by atoms with E-state index in [1.165, 1.54) is 12.1 Å². The van der Waals surface area contributed by atoms with Crippen molar-refractivity contribution in [1.82, 2.24) is 4.90 Å². The van der Waals surface area contributed by atoms with Crippen molar-refractivity contribution in [3.05, 3.63) is 32.8 Å². The van der Waals surface area contributed by atoms with Crippen LogP contribution in [0.15, 0.2) is 12.1 Å². The summed E-state index contributed by atoms with van der Waals surface area (Å²) in [5.41, 5.74) is 0.686. The van der Waals surface area contributed by atoms with E-state index < -0.39 is 11.0 Å². The van der Waals surface area contributed by atoms with Gasteiger partial charge in [0.05, 0.1) is 10.6 Å². The summed E-state index contributed by atoms with van der Waals surface area (Å²) in [6, 6.07) is 2.12. The summed E-state index contributed by atoms with van der Waals surface area (Å²) in [4.78, 5) is 36.2. The number of benzene rings is 1. The maximum atomic E-state index is 12.5. The number of halogens is 1. The molecule has 2 rings (SSSR count). The van der Waals surface area contributed by atoms with Gasteiger partial charge in [-0.1, -0.05) is 18.5 Å². The fourth-order valence-corrected chi connectivity index (χ4v) is 2.99. The summed E-state index contributed by atoms with van der Waals surface area (Å²) >= 11 is 5.84. The second-order valence-electron chi connectivity index (χ2n) is 5.48. The third kappa shape index (κ3) is 3.61. The van der Waals surface area contributed by atoms with Gasteiger partial charge in [-0.15, -0.1) is 0 Å². The van der Waals surface area contributed by atoms with Gasteiger partial charge in [-0.2, -0.15) is 0 Å². The van der Waals surface area contributed by atoms with Gasteiger partial charge in [0, 0.05) is 19.0 Å². The van der Waals surface area contributed by atoms with Gasteiger partial charge < -0.3 is 10.2 Å². The van der Waals surface area contributed by atoms with Crippen LogP contribution in [0.25, 0.3) is 0 Å². The zero-order valence-corrected chi connectivity index (χ0v) is 13.7. The lowest BCUT2D eigenvalue weighted by atomic mass is 10.1. The van der Waals surface area contributed by atoms with Gasteiger partial charge in [0.1, 0.15) is 11.1 Å². The fourth-order valence-electron chi connectivity index (χ4n) is 2.70. The lowest BCUT2D eigenvalue weighted by Gasteiger charge is -2.26. The number of carbonyl (C=O) groups excluding carboxylic acids is 2. The summed E-state index contributed by atoms with van der Waals surface area (Å²) in [5.74, 6) is -0.381. The summed E-state index contributed by atoms with van der Waals surface area (Å²) in [6.45, 7) is 4.09. The molecule has 1 atom stereocenters. The van der Waals surface area contributed by atoms with Crippen LogP contribution in [0, 0.1) is 17.0 Å². The monoisotopic (exact) mass is 339 g/mol. The number of carbonyl (C=O) groups is 2. The first kappa shape index (κ1) is 17.2. The molecule has 0 aliphatic carbocycles. The van der Waals surface area contributed by atoms with Crippen molar-refractivity contribution in [3.63, 3.8) is 0 Å². The second-order valence-corrected chi connectivity index (χ2v) is 5.89. The molecule has 1 aliphatic rings. The topological polar surface area (TPSA) is 92.5 Å². The molecule has 1 unspecified atom stereocenters. The Balaban J connectivity index is 2.23. The summed E-state index contributed by atoms with van der Waals surface area (Å²) in [5, 5.41) is 13.7. The molecule has 1 fully saturated rings. The molecule has 124 valence electrons. The lowest BCUT2D eigenvalue weighted by Crippen LogP contribution is -2.44. The number of aryl methyl sites for hydroxylation is 1. The maximum Gasteiger partial charge on any atom is 0.289 e. The van der Waals surface area contributed by atoms with Gasteiger partial charge in [-0.3, -0.25) is 19.7 Å². The molecule has 7 nitrogen and oxygen atoms in total. The minimum Gasteiger partial charge on any atom is -0.331 e. The van der Waals surface area contributed by atoms with Gasteiger partial charge in [-0.05, 0) is 31.4 Å². The van der Waals surface area contributed by atoms with E-state index in [-0.39, 0.29) is 22.5 Å². The first-order chi connectivity index (χ1) is 10.8. The van der Waals surface area contributed by atoms with E-state index in [2.05, 4.69) is 5.32 Å². The predicted octanol–water partition coefficient (Wildman–Crippen LogP) is 2.90. The first-order valence-electron chi connectivity index (χ1n) is 7.40. The Kier molecular flexibility index (Phi) is 5.20. The maximum absolute atomic E-state index is 12.5. The Morgan fingerprint density at radius 2 is 2.22 bits per heavy atom. The van der Waals surface area contributed by atoms with Crippen molar-refractivity contribution >= 4 is 34.8 Å². The fraction of sp³-hybridized carbons (Fsp3) is 0.467. The normalized spacial score (nSPS) is 15.6. The minimum absolute atomic E-state index is 0.0206. The number of likely N-dealkylation sites (tertiary alicyclic amines) is 1. The SMILES string of the molecule is CCC(C(=O)Nc1cc([N+](=O)[O-])c(Cl)cc1C)N1CCCC1=O. The van der Waals surface area contributed by atoms with E-state index in [1.807, 2.05) is 6.92 Å². The average molecular weight is 340 g/mol. The van der Waals surface area contributed by atoms with Crippen molar-refractivity contribution < 1.29 is 14.5 Å². The quantitative estimate of drug-likeness (QED) is 0.659. The van der Waals surface area contributed by atoms with Crippen LogP contribution in [0.2, 0.25) is 5.02 Å². The van der Waals surface area contributed by atoms with Gasteiger partial charge in [0.15, 0.2) is 0 Å². The van der Waals surface area contributed by atoms with Crippen LogP contribution in [0.5, 0.6) is 0 Å². The second kappa shape index (κ2) is 6.95. The van der Waals surface area contributed by atoms with Gasteiger partial charge in [-0.25, -0.2) is 0 Å². The highest BCUT2D eigenvalue weighted by atomic mass is 35.5. The highest BCUT2D eigenvalue weighted by molar-refractivity contribution is 6.32. The number of anilines is 1. The Morgan fingerprint density at radius 3 is 2.74 bits per heavy atom. The molecule has 1 aromatic carbocycles. The number of nitro groups is 1. The molecule has 1 aliphatic heterocycles. The van der Waals surface area contributed by atoms with Crippen LogP contribution >= 0.6 is 11.6 Å². The number of nitrogens with one attached hydrogen (secondary N) is 1. The smallest absolute Gasteiger partial charge is 0.289 e. The molecule has 0 bridgehead atoms. The molecule has 8 heteroatoms. The third-order valence-electron chi connectivity index (χ3n) is 3.92. The van der Waals surface area contributed by atoms with Crippen LogP contribution in [0.1, 0.15) is 31.7 Å². The molecule has 0 saturated carbocycles. The van der Waals surface area contributed by atoms with Crippen LogP contribution in [0.4, 0.5) is 11.4 Å². The van der Waals surface area contributed by atoms with E-state index in [0.717, 1.165) is 6.42 Å². The minimum atomic E-state index is -0.598. The molecule has 0 aromatic heterocycles. The number of nitrogens with zero attached hydrogens (tertiary/aromatic N) is 2. The third-order valence-corrected chi connectivity index (χ3v) is 4.23. The van der Waals surface area contributed by atoms with Crippen LogP contribution < -0.4 is 5.32 Å². The van der Waals surface area contributed by atoms with Crippen molar-refractivity contribution in [2.45, 2.75) is 39.2 Å². The van der Waals surface area contributed by atoms with Crippen LogP contribution in [0.3, 0.4) is 0 Å². The van der Waals surface area contributed by atoms with Gasteiger partial charge >= 0.3 is 0 Å². The van der Waals surface area contributed by atoms with E-state index in [1.54, 1.807) is 11.8 Å². The molecule has 2 amide bonds. The van der Waals surface area contributed by atoms with Crippen LogP contribution in [-0.4, -0.2) is 34.2 Å². The van der Waals surface area contributed by atoms with Crippen molar-refractivity contribution in [2.24, 2.45) is 0 Å². The number of nitro benzene ring substituents is 1. The number of hydrogen-bond donors (Lipinski definition) is 1. The van der Waals surface area contributed by atoms with Gasteiger partial charge in [0.25, 0.3) is 5.69 Å². The first-order valence-corrected chi connectivity index (χ1v) is 7.77. The van der Waals surface area contributed by atoms with Crippen molar-refractivity contribution in [3.8, 4) is 0 Å². The zero-order chi connectivity index (χ0) is 17.1. The summed E-state index contributed by atoms with van der Waals surface area (Å²) < 4.78 is 0. The molecule has 1 heterocycles. The molecule has 0 spiro atoms. The number of rotatable bonds is 5. The Morgan fingerprint density at radius 1 is 1.52 bits per heavy atom. The molecular formula is C15H18ClN3O4. The highest BCUT2D eigenvalue weighted by Gasteiger charge is 2.32. The average Bonchev–Trinajstić information content (AvgIpc) is 2.88. The largest absolute Gasteiger partial charge is 0.331 e. The molecule has 0 radical (unpaired) electrons. The van der Waals surface area contributed by atoms with E-state index in [0.29, 0.717) is 30.6 Å². The van der Waals surface area contributed by atoms with E-state index in [9.17, 15) is 19.7 Å². The van der Waals surface area contributed by atoms with Crippen LogP contribution in [-0.2, 0) is 9.59 Å². The Hall–Kier alpha value is -2.15. The predicted molar refractivity (Wildman–Crippen MR) is 86.5 cm³/mol. The molecule has 1 N–H and O–H groups in total. The highest BCUT2D eigenvalue weighted by Crippen LogP contribution is 2.31. The molecular weight excluding hydrogens is 322 g/mol. The number of amides is 2. The zero-order valence-electron chi connectivity index (χ0n) is 13.0. The van der Waals surface area contributed by atoms with Crippen molar-refractivity contribution in [2.75, 3.05) is 11.9 Å². The molecule has 23 heavy (non-hydrogen) atoms. The standard InChI is InChI=1S/C15H18ClN3O4/c1-3-12(18-6-4-5-14(18)20)15(21)17-11-8-13(19(22)23)10(16)7-9(11)2/h7-8,12H,3-6H2,1-2H3,(H,17,21). The Labute approximate surface area is 138 Å².